The quantitative estimate of drug-likeness (QED) is 0.885. The zero-order valence-electron chi connectivity index (χ0n) is 9.89. The summed E-state index contributed by atoms with van der Waals surface area (Å²) in [6.45, 7) is 4.03. The largest absolute Gasteiger partial charge is 0.329 e. The molecule has 3 nitrogen and oxygen atoms in total. The average molecular weight is 275 g/mol. The van der Waals surface area contributed by atoms with Crippen molar-refractivity contribution < 1.29 is 4.79 Å². The molecule has 0 aliphatic carbocycles. The van der Waals surface area contributed by atoms with Gasteiger partial charge < -0.3 is 11.1 Å². The maximum absolute atomic E-state index is 12.1. The Morgan fingerprint density at radius 3 is 2.65 bits per heavy atom. The minimum atomic E-state index is -0.592. The summed E-state index contributed by atoms with van der Waals surface area (Å²) in [6.07, 6.45) is 0.660. The first-order valence-corrected chi connectivity index (χ1v) is 6.15. The van der Waals surface area contributed by atoms with Gasteiger partial charge in [0.2, 0.25) is 5.91 Å². The number of nitrogens with one attached hydrogen (secondary N) is 1. The van der Waals surface area contributed by atoms with E-state index < -0.39 is 5.41 Å². The first kappa shape index (κ1) is 14.3. The number of benzene rings is 1. The van der Waals surface area contributed by atoms with E-state index in [1.54, 1.807) is 18.2 Å². The van der Waals surface area contributed by atoms with E-state index in [1.807, 2.05) is 13.8 Å². The molecule has 1 amide bonds. The molecule has 0 bridgehead atoms. The summed E-state index contributed by atoms with van der Waals surface area (Å²) >= 11 is 11.9. The van der Waals surface area contributed by atoms with Crippen molar-refractivity contribution in [2.75, 3.05) is 11.9 Å². The molecule has 17 heavy (non-hydrogen) atoms. The predicted octanol–water partition coefficient (Wildman–Crippen LogP) is 3.31. The van der Waals surface area contributed by atoms with Crippen molar-refractivity contribution in [3.63, 3.8) is 0 Å². The number of nitrogens with two attached hydrogens (primary N) is 1. The van der Waals surface area contributed by atoms with Crippen LogP contribution in [0.4, 0.5) is 5.69 Å². The number of anilines is 1. The first-order valence-electron chi connectivity index (χ1n) is 5.40. The lowest BCUT2D eigenvalue weighted by Crippen LogP contribution is -2.39. The van der Waals surface area contributed by atoms with Crippen LogP contribution in [-0.2, 0) is 4.79 Å². The lowest BCUT2D eigenvalue weighted by Gasteiger charge is -2.25. The van der Waals surface area contributed by atoms with Crippen molar-refractivity contribution in [1.29, 1.82) is 0 Å². The molecular weight excluding hydrogens is 259 g/mol. The van der Waals surface area contributed by atoms with E-state index in [1.165, 1.54) is 0 Å². The zero-order chi connectivity index (χ0) is 13.1. The Hall–Kier alpha value is -0.770. The third-order valence-corrected chi connectivity index (χ3v) is 3.80. The van der Waals surface area contributed by atoms with Crippen LogP contribution in [0.15, 0.2) is 18.2 Å². The highest BCUT2D eigenvalue weighted by Gasteiger charge is 2.30. The van der Waals surface area contributed by atoms with Gasteiger partial charge in [0.25, 0.3) is 0 Å². The van der Waals surface area contributed by atoms with Gasteiger partial charge in [0.05, 0.1) is 21.1 Å². The van der Waals surface area contributed by atoms with Gasteiger partial charge in [-0.1, -0.05) is 36.2 Å². The third-order valence-electron chi connectivity index (χ3n) is 2.98. The second-order valence-electron chi connectivity index (χ2n) is 4.17. The van der Waals surface area contributed by atoms with E-state index in [9.17, 15) is 4.79 Å². The standard InChI is InChI=1S/C12H16Cl2N2O/c1-3-12(2,7-15)11(17)16-9-6-4-5-8(13)10(9)14/h4-6H,3,7,15H2,1-2H3,(H,16,17). The Morgan fingerprint density at radius 2 is 2.12 bits per heavy atom. The van der Waals surface area contributed by atoms with Crippen molar-refractivity contribution in [3.8, 4) is 0 Å². The van der Waals surface area contributed by atoms with Gasteiger partial charge in [-0.25, -0.2) is 0 Å². The lowest BCUT2D eigenvalue weighted by molar-refractivity contribution is -0.124. The van der Waals surface area contributed by atoms with Crippen LogP contribution < -0.4 is 11.1 Å². The van der Waals surface area contributed by atoms with Gasteiger partial charge in [-0.15, -0.1) is 0 Å². The fourth-order valence-corrected chi connectivity index (χ4v) is 1.62. The van der Waals surface area contributed by atoms with Crippen LogP contribution in [0.1, 0.15) is 20.3 Å². The Bertz CT molecular complexity index is 417. The summed E-state index contributed by atoms with van der Waals surface area (Å²) in [5.74, 6) is -0.147. The van der Waals surface area contributed by atoms with Crippen LogP contribution in [0.2, 0.25) is 10.0 Å². The average Bonchev–Trinajstić information content (AvgIpc) is 2.33. The molecule has 1 rings (SSSR count). The molecule has 0 aliphatic heterocycles. The van der Waals surface area contributed by atoms with Crippen molar-refractivity contribution in [3.05, 3.63) is 28.2 Å². The van der Waals surface area contributed by atoms with Gasteiger partial charge in [-0.2, -0.15) is 0 Å². The normalized spacial score (nSPS) is 14.2. The Balaban J connectivity index is 2.92. The monoisotopic (exact) mass is 274 g/mol. The van der Waals surface area contributed by atoms with Crippen LogP contribution in [0.3, 0.4) is 0 Å². The van der Waals surface area contributed by atoms with Crippen LogP contribution in [-0.4, -0.2) is 12.5 Å². The van der Waals surface area contributed by atoms with Crippen LogP contribution >= 0.6 is 23.2 Å². The molecule has 94 valence electrons. The van der Waals surface area contributed by atoms with E-state index in [0.29, 0.717) is 22.2 Å². The van der Waals surface area contributed by atoms with Crippen LogP contribution in [0.5, 0.6) is 0 Å². The summed E-state index contributed by atoms with van der Waals surface area (Å²) in [5, 5.41) is 3.52. The highest BCUT2D eigenvalue weighted by molar-refractivity contribution is 6.44. The molecule has 0 aromatic heterocycles. The van der Waals surface area contributed by atoms with Crippen LogP contribution in [0, 0.1) is 5.41 Å². The number of carbonyl (C=O) groups is 1. The molecular formula is C12H16Cl2N2O. The fraction of sp³-hybridized carbons (Fsp3) is 0.417. The number of hydrogen-bond donors (Lipinski definition) is 2. The molecule has 1 unspecified atom stereocenters. The third kappa shape index (κ3) is 3.12. The van der Waals surface area contributed by atoms with E-state index in [-0.39, 0.29) is 12.5 Å². The summed E-state index contributed by atoms with van der Waals surface area (Å²) in [7, 11) is 0. The minimum Gasteiger partial charge on any atom is -0.329 e. The molecule has 0 radical (unpaired) electrons. The molecule has 0 saturated carbocycles. The molecule has 5 heteroatoms. The van der Waals surface area contributed by atoms with E-state index in [4.69, 9.17) is 28.9 Å². The minimum absolute atomic E-state index is 0.147. The number of amides is 1. The maximum atomic E-state index is 12.1. The van der Waals surface area contributed by atoms with Gasteiger partial charge >= 0.3 is 0 Å². The Morgan fingerprint density at radius 1 is 1.47 bits per heavy atom. The molecule has 3 N–H and O–H groups in total. The molecule has 1 aromatic rings. The van der Waals surface area contributed by atoms with Gasteiger partial charge in [0.1, 0.15) is 0 Å². The summed E-state index contributed by atoms with van der Waals surface area (Å²) in [4.78, 5) is 12.1. The number of rotatable bonds is 4. The SMILES string of the molecule is CCC(C)(CN)C(=O)Nc1cccc(Cl)c1Cl. The predicted molar refractivity (Wildman–Crippen MR) is 72.5 cm³/mol. The van der Waals surface area contributed by atoms with Gasteiger partial charge in [-0.3, -0.25) is 4.79 Å². The number of carbonyl (C=O) groups excluding carboxylic acids is 1. The molecule has 1 aromatic carbocycles. The summed E-state index contributed by atoms with van der Waals surface area (Å²) < 4.78 is 0. The molecule has 0 spiro atoms. The van der Waals surface area contributed by atoms with Crippen molar-refractivity contribution in [2.24, 2.45) is 11.1 Å². The topological polar surface area (TPSA) is 55.1 Å². The van der Waals surface area contributed by atoms with Gasteiger partial charge in [0, 0.05) is 6.54 Å². The van der Waals surface area contributed by atoms with Crippen molar-refractivity contribution in [1.82, 2.24) is 0 Å². The van der Waals surface area contributed by atoms with Crippen molar-refractivity contribution in [2.45, 2.75) is 20.3 Å². The maximum Gasteiger partial charge on any atom is 0.231 e. The van der Waals surface area contributed by atoms with E-state index in [0.717, 1.165) is 0 Å². The molecule has 1 atom stereocenters. The fourth-order valence-electron chi connectivity index (χ4n) is 1.27. The smallest absolute Gasteiger partial charge is 0.231 e. The molecule has 0 aliphatic rings. The highest BCUT2D eigenvalue weighted by Crippen LogP contribution is 2.31. The van der Waals surface area contributed by atoms with Gasteiger partial charge in [-0.05, 0) is 25.5 Å². The summed E-state index contributed by atoms with van der Waals surface area (Å²) in [6, 6.07) is 5.11. The van der Waals surface area contributed by atoms with E-state index in [2.05, 4.69) is 5.32 Å². The lowest BCUT2D eigenvalue weighted by atomic mass is 9.86. The van der Waals surface area contributed by atoms with Gasteiger partial charge in [0.15, 0.2) is 0 Å². The molecule has 0 saturated heterocycles. The van der Waals surface area contributed by atoms with Crippen molar-refractivity contribution >= 4 is 34.8 Å². The number of halogens is 2. The zero-order valence-corrected chi connectivity index (χ0v) is 11.4. The Labute approximate surface area is 111 Å². The second kappa shape index (κ2) is 5.71. The second-order valence-corrected chi connectivity index (χ2v) is 4.96. The highest BCUT2D eigenvalue weighted by atomic mass is 35.5. The molecule has 0 fully saturated rings. The summed E-state index contributed by atoms with van der Waals surface area (Å²) in [5.41, 5.74) is 5.54. The van der Waals surface area contributed by atoms with E-state index >= 15 is 0 Å². The number of hydrogen-bond acceptors (Lipinski definition) is 2. The first-order chi connectivity index (χ1) is 7.94. The molecule has 0 heterocycles. The Kier molecular flexibility index (Phi) is 4.80. The van der Waals surface area contributed by atoms with Crippen LogP contribution in [0.25, 0.3) is 0 Å².